The minimum atomic E-state index is -0.320. The first-order valence-corrected chi connectivity index (χ1v) is 6.44. The highest BCUT2D eigenvalue weighted by Gasteiger charge is 2.13. The summed E-state index contributed by atoms with van der Waals surface area (Å²) in [6.07, 6.45) is 1.44. The van der Waals surface area contributed by atoms with Crippen molar-refractivity contribution in [1.82, 2.24) is 20.4 Å². The molecule has 8 heteroatoms. The second-order valence-corrected chi connectivity index (χ2v) is 4.40. The van der Waals surface area contributed by atoms with E-state index >= 15 is 0 Å². The first kappa shape index (κ1) is 14.3. The largest absolute Gasteiger partial charge is 0.370 e. The Morgan fingerprint density at radius 1 is 1.50 bits per heavy atom. The fraction of sp³-hybridized carbons (Fsp3) is 0.333. The van der Waals surface area contributed by atoms with Crippen molar-refractivity contribution in [2.24, 2.45) is 0 Å². The molecule has 7 nitrogen and oxygen atoms in total. The Balaban J connectivity index is 2.06. The smallest absolute Gasteiger partial charge is 0.253 e. The molecule has 0 saturated heterocycles. The lowest BCUT2D eigenvalue weighted by Gasteiger charge is -2.07. The lowest BCUT2D eigenvalue weighted by molar-refractivity contribution is 0.0949. The van der Waals surface area contributed by atoms with Crippen molar-refractivity contribution in [3.05, 3.63) is 34.6 Å². The van der Waals surface area contributed by atoms with Crippen LogP contribution in [0.1, 0.15) is 29.0 Å². The average Bonchev–Trinajstić information content (AvgIpc) is 2.84. The third-order valence-electron chi connectivity index (χ3n) is 2.43. The van der Waals surface area contributed by atoms with E-state index in [0.29, 0.717) is 29.6 Å². The first-order chi connectivity index (χ1) is 9.60. The molecule has 0 saturated carbocycles. The third-order valence-corrected chi connectivity index (χ3v) is 2.74. The van der Waals surface area contributed by atoms with Crippen molar-refractivity contribution in [3.63, 3.8) is 0 Å². The Hall–Kier alpha value is -2.15. The SMILES string of the molecule is CCNc1cc(C(=O)NCc2noc(C)n2)c(Cl)cn1. The molecule has 106 valence electrons. The molecule has 0 radical (unpaired) electrons. The zero-order valence-electron chi connectivity index (χ0n) is 11.1. The first-order valence-electron chi connectivity index (χ1n) is 6.07. The summed E-state index contributed by atoms with van der Waals surface area (Å²) < 4.78 is 4.82. The number of carbonyl (C=O) groups excluding carboxylic acids is 1. The standard InChI is InChI=1S/C12H14ClN5O2/c1-3-14-10-4-8(9(13)5-15-10)12(19)16-6-11-17-7(2)20-18-11/h4-5H,3,6H2,1-2H3,(H,14,15)(H,16,19). The maximum absolute atomic E-state index is 12.1. The number of rotatable bonds is 5. The van der Waals surface area contributed by atoms with Gasteiger partial charge in [0.05, 0.1) is 17.1 Å². The molecule has 2 N–H and O–H groups in total. The van der Waals surface area contributed by atoms with E-state index in [1.165, 1.54) is 6.20 Å². The number of carbonyl (C=O) groups is 1. The molecule has 0 unspecified atom stereocenters. The number of hydrogen-bond donors (Lipinski definition) is 2. The molecule has 0 aliphatic heterocycles. The van der Waals surface area contributed by atoms with E-state index in [1.807, 2.05) is 6.92 Å². The van der Waals surface area contributed by atoms with Crippen LogP contribution in [0.4, 0.5) is 5.82 Å². The van der Waals surface area contributed by atoms with Crippen molar-refractivity contribution >= 4 is 23.3 Å². The maximum Gasteiger partial charge on any atom is 0.253 e. The number of amides is 1. The Kier molecular flexibility index (Phi) is 4.52. The molecule has 0 aromatic carbocycles. The minimum Gasteiger partial charge on any atom is -0.370 e. The molecule has 20 heavy (non-hydrogen) atoms. The van der Waals surface area contributed by atoms with Crippen LogP contribution in [0, 0.1) is 6.92 Å². The van der Waals surface area contributed by atoms with Crippen LogP contribution in [0.25, 0.3) is 0 Å². The third kappa shape index (κ3) is 3.45. The molecule has 0 bridgehead atoms. The van der Waals surface area contributed by atoms with Crippen LogP contribution in [-0.2, 0) is 6.54 Å². The normalized spacial score (nSPS) is 10.3. The van der Waals surface area contributed by atoms with E-state index in [2.05, 4.69) is 25.8 Å². The summed E-state index contributed by atoms with van der Waals surface area (Å²) >= 11 is 5.98. The lowest BCUT2D eigenvalue weighted by atomic mass is 10.2. The van der Waals surface area contributed by atoms with E-state index in [9.17, 15) is 4.79 Å². The van der Waals surface area contributed by atoms with Gasteiger partial charge < -0.3 is 15.2 Å². The molecule has 0 aliphatic carbocycles. The second kappa shape index (κ2) is 6.33. The summed E-state index contributed by atoms with van der Waals surface area (Å²) in [6, 6.07) is 1.60. The van der Waals surface area contributed by atoms with Gasteiger partial charge in [-0.25, -0.2) is 4.98 Å². The number of nitrogens with zero attached hydrogens (tertiary/aromatic N) is 3. The van der Waals surface area contributed by atoms with E-state index < -0.39 is 0 Å². The maximum atomic E-state index is 12.1. The number of pyridine rings is 1. The van der Waals surface area contributed by atoms with Gasteiger partial charge in [0.1, 0.15) is 5.82 Å². The molecule has 2 heterocycles. The molecule has 0 aliphatic rings. The fourth-order valence-electron chi connectivity index (χ4n) is 1.56. The molecule has 2 rings (SSSR count). The van der Waals surface area contributed by atoms with Gasteiger partial charge >= 0.3 is 0 Å². The van der Waals surface area contributed by atoms with Crippen LogP contribution in [0.2, 0.25) is 5.02 Å². The van der Waals surface area contributed by atoms with Gasteiger partial charge in [-0.05, 0) is 13.0 Å². The molecule has 1 amide bonds. The molecule has 2 aromatic rings. The molecule has 0 fully saturated rings. The predicted octanol–water partition coefficient (Wildman–Crippen LogP) is 1.79. The number of nitrogens with one attached hydrogen (secondary N) is 2. The number of halogens is 1. The van der Waals surface area contributed by atoms with E-state index in [4.69, 9.17) is 16.1 Å². The van der Waals surface area contributed by atoms with Gasteiger partial charge in [0.25, 0.3) is 5.91 Å². The molecular formula is C12H14ClN5O2. The van der Waals surface area contributed by atoms with Gasteiger partial charge in [-0.2, -0.15) is 4.98 Å². The van der Waals surface area contributed by atoms with E-state index in [0.717, 1.165) is 0 Å². The highest BCUT2D eigenvalue weighted by atomic mass is 35.5. The summed E-state index contributed by atoms with van der Waals surface area (Å²) in [5.41, 5.74) is 0.345. The summed E-state index contributed by atoms with van der Waals surface area (Å²) in [5.74, 6) is 1.13. The van der Waals surface area contributed by atoms with E-state index in [1.54, 1.807) is 13.0 Å². The van der Waals surface area contributed by atoms with Crippen LogP contribution < -0.4 is 10.6 Å². The number of anilines is 1. The van der Waals surface area contributed by atoms with Gasteiger partial charge in [-0.1, -0.05) is 16.8 Å². The molecule has 0 spiro atoms. The van der Waals surface area contributed by atoms with Crippen LogP contribution in [0.15, 0.2) is 16.8 Å². The fourth-order valence-corrected chi connectivity index (χ4v) is 1.75. The minimum absolute atomic E-state index is 0.172. The Bertz CT molecular complexity index is 614. The Labute approximate surface area is 120 Å². The van der Waals surface area contributed by atoms with Crippen LogP contribution >= 0.6 is 11.6 Å². The van der Waals surface area contributed by atoms with Crippen molar-refractivity contribution in [2.75, 3.05) is 11.9 Å². The van der Waals surface area contributed by atoms with Gasteiger partial charge in [0.15, 0.2) is 5.82 Å². The van der Waals surface area contributed by atoms with Gasteiger partial charge in [0.2, 0.25) is 5.89 Å². The molecular weight excluding hydrogens is 282 g/mol. The quantitative estimate of drug-likeness (QED) is 0.873. The molecule has 2 aromatic heterocycles. The second-order valence-electron chi connectivity index (χ2n) is 3.99. The average molecular weight is 296 g/mol. The highest BCUT2D eigenvalue weighted by molar-refractivity contribution is 6.33. The predicted molar refractivity (Wildman–Crippen MR) is 73.6 cm³/mol. The van der Waals surface area contributed by atoms with Crippen molar-refractivity contribution in [1.29, 1.82) is 0 Å². The van der Waals surface area contributed by atoms with Crippen molar-refractivity contribution in [3.8, 4) is 0 Å². The topological polar surface area (TPSA) is 92.9 Å². The van der Waals surface area contributed by atoms with Crippen LogP contribution in [-0.4, -0.2) is 27.6 Å². The van der Waals surface area contributed by atoms with Gasteiger partial charge in [-0.15, -0.1) is 0 Å². The van der Waals surface area contributed by atoms with Gasteiger partial charge in [-0.3, -0.25) is 4.79 Å². The summed E-state index contributed by atoms with van der Waals surface area (Å²) in [7, 11) is 0. The zero-order chi connectivity index (χ0) is 14.5. The van der Waals surface area contributed by atoms with Crippen molar-refractivity contribution < 1.29 is 9.32 Å². The number of aromatic nitrogens is 3. The highest BCUT2D eigenvalue weighted by Crippen LogP contribution is 2.17. The van der Waals surface area contributed by atoms with Crippen LogP contribution in [0.5, 0.6) is 0 Å². The Morgan fingerprint density at radius 3 is 2.95 bits per heavy atom. The summed E-state index contributed by atoms with van der Waals surface area (Å²) in [4.78, 5) is 20.1. The Morgan fingerprint density at radius 2 is 2.30 bits per heavy atom. The summed E-state index contributed by atoms with van der Waals surface area (Å²) in [6.45, 7) is 4.50. The summed E-state index contributed by atoms with van der Waals surface area (Å²) in [5, 5.41) is 9.67. The van der Waals surface area contributed by atoms with Crippen LogP contribution in [0.3, 0.4) is 0 Å². The zero-order valence-corrected chi connectivity index (χ0v) is 11.9. The van der Waals surface area contributed by atoms with E-state index in [-0.39, 0.29) is 17.5 Å². The number of hydrogen-bond acceptors (Lipinski definition) is 6. The molecule has 0 atom stereocenters. The lowest BCUT2D eigenvalue weighted by Crippen LogP contribution is -2.24. The van der Waals surface area contributed by atoms with Gasteiger partial charge in [0, 0.05) is 19.7 Å². The van der Waals surface area contributed by atoms with Crippen molar-refractivity contribution in [2.45, 2.75) is 20.4 Å². The monoisotopic (exact) mass is 295 g/mol. The number of aryl methyl sites for hydroxylation is 1.